The van der Waals surface area contributed by atoms with E-state index in [2.05, 4.69) is 15.5 Å². The van der Waals surface area contributed by atoms with Gasteiger partial charge < -0.3 is 14.7 Å². The number of nitrogens with zero attached hydrogens (tertiary/aromatic N) is 3. The Morgan fingerprint density at radius 2 is 2.03 bits per heavy atom. The second kappa shape index (κ2) is 9.34. The number of hydrogen-bond acceptors (Lipinski definition) is 6. The van der Waals surface area contributed by atoms with E-state index in [0.29, 0.717) is 29.3 Å². The standard InChI is InChI=1S/C23H24N4O3S/c1-15-20(16(2)30-26-15)14-31-23-19(5-3-11-24-23)22(29)25-13-17-7-9-18(10-8-17)27-12-4-6-21(27)28/h3,5,7-11H,4,6,12-14H2,1-2H3,(H,25,29). The first-order chi connectivity index (χ1) is 15.0. The van der Waals surface area contributed by atoms with Crippen molar-refractivity contribution in [3.63, 3.8) is 0 Å². The average molecular weight is 437 g/mol. The largest absolute Gasteiger partial charge is 0.361 e. The van der Waals surface area contributed by atoms with Crippen LogP contribution >= 0.6 is 11.8 Å². The van der Waals surface area contributed by atoms with Crippen molar-refractivity contribution < 1.29 is 14.1 Å². The lowest BCUT2D eigenvalue weighted by atomic mass is 10.2. The van der Waals surface area contributed by atoms with Gasteiger partial charge in [0.15, 0.2) is 0 Å². The Morgan fingerprint density at radius 1 is 1.23 bits per heavy atom. The van der Waals surface area contributed by atoms with Crippen molar-refractivity contribution in [2.75, 3.05) is 11.4 Å². The van der Waals surface area contributed by atoms with Gasteiger partial charge in [0, 0.05) is 42.7 Å². The van der Waals surface area contributed by atoms with Crippen molar-refractivity contribution in [2.45, 2.75) is 44.0 Å². The quantitative estimate of drug-likeness (QED) is 0.563. The summed E-state index contributed by atoms with van der Waals surface area (Å²) in [6.07, 6.45) is 3.20. The highest BCUT2D eigenvalue weighted by atomic mass is 32.2. The van der Waals surface area contributed by atoms with E-state index in [1.165, 1.54) is 11.8 Å². The third kappa shape index (κ3) is 4.80. The van der Waals surface area contributed by atoms with E-state index in [1.54, 1.807) is 23.2 Å². The first-order valence-corrected chi connectivity index (χ1v) is 11.2. The molecule has 7 nitrogen and oxygen atoms in total. The topological polar surface area (TPSA) is 88.3 Å². The normalized spacial score (nSPS) is 13.6. The lowest BCUT2D eigenvalue weighted by Gasteiger charge is -2.16. The number of benzene rings is 1. The van der Waals surface area contributed by atoms with Gasteiger partial charge in [0.05, 0.1) is 11.3 Å². The monoisotopic (exact) mass is 436 g/mol. The van der Waals surface area contributed by atoms with Gasteiger partial charge in [-0.15, -0.1) is 11.8 Å². The fourth-order valence-corrected chi connectivity index (χ4v) is 4.66. The van der Waals surface area contributed by atoms with Crippen LogP contribution in [0.3, 0.4) is 0 Å². The zero-order chi connectivity index (χ0) is 21.8. The van der Waals surface area contributed by atoms with E-state index in [0.717, 1.165) is 41.2 Å². The smallest absolute Gasteiger partial charge is 0.254 e. The van der Waals surface area contributed by atoms with Gasteiger partial charge in [0.1, 0.15) is 10.8 Å². The van der Waals surface area contributed by atoms with Crippen LogP contribution in [0.15, 0.2) is 52.1 Å². The number of nitrogens with one attached hydrogen (secondary N) is 1. The van der Waals surface area contributed by atoms with Gasteiger partial charge >= 0.3 is 0 Å². The predicted octanol–water partition coefficient (Wildman–Crippen LogP) is 4.04. The molecule has 160 valence electrons. The van der Waals surface area contributed by atoms with Crippen LogP contribution in [0.4, 0.5) is 5.69 Å². The van der Waals surface area contributed by atoms with Crippen LogP contribution in [0, 0.1) is 13.8 Å². The van der Waals surface area contributed by atoms with Crippen LogP contribution in [-0.2, 0) is 17.1 Å². The molecule has 0 bridgehead atoms. The maximum absolute atomic E-state index is 12.8. The molecule has 0 spiro atoms. The molecule has 1 saturated heterocycles. The molecule has 8 heteroatoms. The Labute approximate surface area is 185 Å². The first kappa shape index (κ1) is 21.1. The number of hydrogen-bond donors (Lipinski definition) is 1. The third-order valence-electron chi connectivity index (χ3n) is 5.32. The Bertz CT molecular complexity index is 1070. The van der Waals surface area contributed by atoms with Crippen molar-refractivity contribution in [1.29, 1.82) is 0 Å². The number of aromatic nitrogens is 2. The molecule has 0 radical (unpaired) electrons. The molecule has 2 aromatic heterocycles. The minimum Gasteiger partial charge on any atom is -0.361 e. The third-order valence-corrected chi connectivity index (χ3v) is 6.36. The van der Waals surface area contributed by atoms with Gasteiger partial charge in [0.25, 0.3) is 5.91 Å². The van der Waals surface area contributed by atoms with Crippen LogP contribution in [0.2, 0.25) is 0 Å². The zero-order valence-electron chi connectivity index (χ0n) is 17.6. The number of carbonyl (C=O) groups excluding carboxylic acids is 2. The first-order valence-electron chi connectivity index (χ1n) is 10.2. The van der Waals surface area contributed by atoms with E-state index in [4.69, 9.17) is 4.52 Å². The van der Waals surface area contributed by atoms with E-state index in [-0.39, 0.29) is 11.8 Å². The van der Waals surface area contributed by atoms with Crippen LogP contribution in [0.25, 0.3) is 0 Å². The lowest BCUT2D eigenvalue weighted by molar-refractivity contribution is -0.117. The molecule has 1 fully saturated rings. The summed E-state index contributed by atoms with van der Waals surface area (Å²) in [4.78, 5) is 30.9. The zero-order valence-corrected chi connectivity index (χ0v) is 18.4. The predicted molar refractivity (Wildman–Crippen MR) is 119 cm³/mol. The van der Waals surface area contributed by atoms with Crippen molar-refractivity contribution in [2.24, 2.45) is 0 Å². The number of thioether (sulfide) groups is 1. The number of rotatable bonds is 7. The molecule has 3 aromatic rings. The molecule has 1 aliphatic heterocycles. The molecule has 1 aliphatic rings. The molecule has 2 amide bonds. The van der Waals surface area contributed by atoms with Crippen molar-refractivity contribution in [3.05, 3.63) is 70.7 Å². The van der Waals surface area contributed by atoms with Crippen molar-refractivity contribution in [3.8, 4) is 0 Å². The number of amides is 2. The van der Waals surface area contributed by atoms with Gasteiger partial charge in [-0.2, -0.15) is 0 Å². The summed E-state index contributed by atoms with van der Waals surface area (Å²) in [5.41, 5.74) is 4.29. The summed E-state index contributed by atoms with van der Waals surface area (Å²) >= 11 is 1.49. The number of carbonyl (C=O) groups is 2. The van der Waals surface area contributed by atoms with Gasteiger partial charge in [-0.3, -0.25) is 9.59 Å². The van der Waals surface area contributed by atoms with E-state index >= 15 is 0 Å². The Morgan fingerprint density at radius 3 is 2.71 bits per heavy atom. The van der Waals surface area contributed by atoms with Gasteiger partial charge in [-0.1, -0.05) is 17.3 Å². The van der Waals surface area contributed by atoms with Gasteiger partial charge in [-0.25, -0.2) is 4.98 Å². The van der Waals surface area contributed by atoms with Crippen LogP contribution in [-0.4, -0.2) is 28.5 Å². The minimum absolute atomic E-state index is 0.166. The summed E-state index contributed by atoms with van der Waals surface area (Å²) in [5, 5.41) is 7.61. The summed E-state index contributed by atoms with van der Waals surface area (Å²) in [6, 6.07) is 11.3. The van der Waals surface area contributed by atoms with E-state index in [9.17, 15) is 9.59 Å². The molecule has 0 saturated carbocycles. The maximum atomic E-state index is 12.8. The summed E-state index contributed by atoms with van der Waals surface area (Å²) in [5.74, 6) is 1.41. The Hall–Kier alpha value is -3.13. The highest BCUT2D eigenvalue weighted by molar-refractivity contribution is 7.98. The highest BCUT2D eigenvalue weighted by Crippen LogP contribution is 2.27. The van der Waals surface area contributed by atoms with Crippen LogP contribution in [0.5, 0.6) is 0 Å². The molecule has 3 heterocycles. The molecule has 1 N–H and O–H groups in total. The second-order valence-electron chi connectivity index (χ2n) is 7.45. The fourth-order valence-electron chi connectivity index (χ4n) is 3.52. The molecule has 31 heavy (non-hydrogen) atoms. The molecule has 1 aromatic carbocycles. The number of aryl methyl sites for hydroxylation is 2. The fraction of sp³-hybridized carbons (Fsp3) is 0.304. The summed E-state index contributed by atoms with van der Waals surface area (Å²) in [7, 11) is 0. The summed E-state index contributed by atoms with van der Waals surface area (Å²) < 4.78 is 5.21. The lowest BCUT2D eigenvalue weighted by Crippen LogP contribution is -2.24. The highest BCUT2D eigenvalue weighted by Gasteiger charge is 2.21. The molecule has 0 unspecified atom stereocenters. The van der Waals surface area contributed by atoms with E-state index in [1.807, 2.05) is 38.1 Å². The van der Waals surface area contributed by atoms with Crippen LogP contribution < -0.4 is 10.2 Å². The molecule has 0 aliphatic carbocycles. The number of anilines is 1. The van der Waals surface area contributed by atoms with Crippen LogP contribution in [0.1, 0.15) is 45.8 Å². The minimum atomic E-state index is -0.173. The van der Waals surface area contributed by atoms with E-state index < -0.39 is 0 Å². The Kier molecular flexibility index (Phi) is 6.36. The van der Waals surface area contributed by atoms with Crippen molar-refractivity contribution in [1.82, 2.24) is 15.5 Å². The summed E-state index contributed by atoms with van der Waals surface area (Å²) in [6.45, 7) is 4.95. The molecular weight excluding hydrogens is 412 g/mol. The average Bonchev–Trinajstić information content (AvgIpc) is 3.36. The number of pyridine rings is 1. The molecule has 0 atom stereocenters. The SMILES string of the molecule is Cc1noc(C)c1CSc1ncccc1C(=O)NCc1ccc(N2CCCC2=O)cc1. The van der Waals surface area contributed by atoms with Gasteiger partial charge in [-0.05, 0) is 50.1 Å². The van der Waals surface area contributed by atoms with Crippen molar-refractivity contribution >= 4 is 29.3 Å². The maximum Gasteiger partial charge on any atom is 0.254 e. The molecule has 4 rings (SSSR count). The van der Waals surface area contributed by atoms with Gasteiger partial charge in [0.2, 0.25) is 5.91 Å². The Balaban J connectivity index is 1.38. The second-order valence-corrected chi connectivity index (χ2v) is 8.41. The molecular formula is C23H24N4O3S.